The molecule has 6 nitrogen and oxygen atoms in total. The smallest absolute Gasteiger partial charge is 0.315 e. The first-order valence-electron chi connectivity index (χ1n) is 9.61. The first kappa shape index (κ1) is 18.5. The van der Waals surface area contributed by atoms with E-state index in [-0.39, 0.29) is 24.0 Å². The number of rotatable bonds is 4. The van der Waals surface area contributed by atoms with Gasteiger partial charge in [-0.3, -0.25) is 4.79 Å². The standard InChI is InChI=1S/C20H29N3O3/c1-26-18-9-7-15(8-10-18)19(24)22-13-11-17(12-14-22)23(20(21)25)16-5-3-2-4-6-16/h7-10,16-17H,2-6,11-14H2,1H3,(H2,21,25). The van der Waals surface area contributed by atoms with E-state index in [2.05, 4.69) is 0 Å². The number of nitrogens with zero attached hydrogens (tertiary/aromatic N) is 2. The fourth-order valence-electron chi connectivity index (χ4n) is 4.28. The Balaban J connectivity index is 1.59. The summed E-state index contributed by atoms with van der Waals surface area (Å²) in [4.78, 5) is 28.5. The fraction of sp³-hybridized carbons (Fsp3) is 0.600. The van der Waals surface area contributed by atoms with E-state index < -0.39 is 0 Å². The van der Waals surface area contributed by atoms with Crippen LogP contribution in [0.1, 0.15) is 55.3 Å². The molecule has 1 aromatic carbocycles. The van der Waals surface area contributed by atoms with Crippen molar-refractivity contribution >= 4 is 11.9 Å². The first-order valence-corrected chi connectivity index (χ1v) is 9.61. The molecule has 142 valence electrons. The van der Waals surface area contributed by atoms with Crippen LogP contribution in [0, 0.1) is 0 Å². The zero-order valence-electron chi connectivity index (χ0n) is 15.5. The number of nitrogens with two attached hydrogens (primary N) is 1. The lowest BCUT2D eigenvalue weighted by molar-refractivity contribution is 0.0590. The lowest BCUT2D eigenvalue weighted by Gasteiger charge is -2.42. The Morgan fingerprint density at radius 2 is 1.58 bits per heavy atom. The average Bonchev–Trinajstić information content (AvgIpc) is 2.69. The molecule has 0 aromatic heterocycles. The van der Waals surface area contributed by atoms with Gasteiger partial charge in [-0.1, -0.05) is 19.3 Å². The zero-order chi connectivity index (χ0) is 18.5. The van der Waals surface area contributed by atoms with Crippen molar-refractivity contribution < 1.29 is 14.3 Å². The lowest BCUT2D eigenvalue weighted by Crippen LogP contribution is -2.54. The maximum atomic E-state index is 12.7. The number of carbonyl (C=O) groups is 2. The molecule has 26 heavy (non-hydrogen) atoms. The molecule has 0 atom stereocenters. The van der Waals surface area contributed by atoms with E-state index in [4.69, 9.17) is 10.5 Å². The summed E-state index contributed by atoms with van der Waals surface area (Å²) in [5.41, 5.74) is 6.38. The monoisotopic (exact) mass is 359 g/mol. The van der Waals surface area contributed by atoms with Crippen LogP contribution >= 0.6 is 0 Å². The highest BCUT2D eigenvalue weighted by molar-refractivity contribution is 5.94. The van der Waals surface area contributed by atoms with Gasteiger partial charge in [-0.05, 0) is 49.9 Å². The molecule has 0 bridgehead atoms. The molecule has 3 rings (SSSR count). The van der Waals surface area contributed by atoms with Crippen LogP contribution in [0.4, 0.5) is 4.79 Å². The molecule has 0 unspecified atom stereocenters. The van der Waals surface area contributed by atoms with E-state index >= 15 is 0 Å². The number of ether oxygens (including phenoxy) is 1. The van der Waals surface area contributed by atoms with Gasteiger partial charge in [-0.2, -0.15) is 0 Å². The molecule has 2 fully saturated rings. The van der Waals surface area contributed by atoms with Crippen LogP contribution < -0.4 is 10.5 Å². The molecular formula is C20H29N3O3. The van der Waals surface area contributed by atoms with Crippen molar-refractivity contribution in [3.8, 4) is 5.75 Å². The molecule has 1 aromatic rings. The van der Waals surface area contributed by atoms with Gasteiger partial charge >= 0.3 is 6.03 Å². The maximum absolute atomic E-state index is 12.7. The van der Waals surface area contributed by atoms with Gasteiger partial charge in [0.2, 0.25) is 0 Å². The number of piperidine rings is 1. The Hall–Kier alpha value is -2.24. The molecule has 3 amide bonds. The molecular weight excluding hydrogens is 330 g/mol. The quantitative estimate of drug-likeness (QED) is 0.898. The molecule has 1 aliphatic heterocycles. The molecule has 2 aliphatic rings. The summed E-state index contributed by atoms with van der Waals surface area (Å²) in [6.45, 7) is 1.32. The normalized spacial score (nSPS) is 19.2. The van der Waals surface area contributed by atoms with Crippen LogP contribution in [0.3, 0.4) is 0 Å². The number of hydrogen-bond donors (Lipinski definition) is 1. The highest BCUT2D eigenvalue weighted by Gasteiger charge is 2.33. The zero-order valence-corrected chi connectivity index (χ0v) is 15.5. The van der Waals surface area contributed by atoms with Gasteiger partial charge < -0.3 is 20.3 Å². The molecule has 0 radical (unpaired) electrons. The van der Waals surface area contributed by atoms with Crippen molar-refractivity contribution in [2.24, 2.45) is 5.73 Å². The average molecular weight is 359 g/mol. The van der Waals surface area contributed by atoms with E-state index in [0.717, 1.165) is 31.4 Å². The SMILES string of the molecule is COc1ccc(C(=O)N2CCC(N(C(N)=O)C3CCCCC3)CC2)cc1. The molecule has 2 N–H and O–H groups in total. The van der Waals surface area contributed by atoms with Gasteiger partial charge in [0.15, 0.2) is 0 Å². The van der Waals surface area contributed by atoms with Crippen LogP contribution in [0.15, 0.2) is 24.3 Å². The summed E-state index contributed by atoms with van der Waals surface area (Å²) < 4.78 is 5.14. The predicted molar refractivity (Wildman–Crippen MR) is 100 cm³/mol. The van der Waals surface area contributed by atoms with Crippen LogP contribution in [-0.2, 0) is 0 Å². The van der Waals surface area contributed by atoms with E-state index in [0.29, 0.717) is 18.7 Å². The van der Waals surface area contributed by atoms with Crippen LogP contribution in [0.25, 0.3) is 0 Å². The molecule has 1 saturated heterocycles. The molecule has 6 heteroatoms. The van der Waals surface area contributed by atoms with Gasteiger partial charge in [-0.15, -0.1) is 0 Å². The number of amides is 3. The third-order valence-corrected chi connectivity index (χ3v) is 5.70. The van der Waals surface area contributed by atoms with Crippen LogP contribution in [0.5, 0.6) is 5.75 Å². The number of carbonyl (C=O) groups excluding carboxylic acids is 2. The number of methoxy groups -OCH3 is 1. The predicted octanol–water partition coefficient (Wildman–Crippen LogP) is 3.01. The second kappa shape index (κ2) is 8.43. The third-order valence-electron chi connectivity index (χ3n) is 5.70. The lowest BCUT2D eigenvalue weighted by atomic mass is 9.91. The Labute approximate surface area is 155 Å². The summed E-state index contributed by atoms with van der Waals surface area (Å²) in [5.74, 6) is 0.777. The van der Waals surface area contributed by atoms with Crippen molar-refractivity contribution in [3.63, 3.8) is 0 Å². The minimum atomic E-state index is -0.308. The van der Waals surface area contributed by atoms with Crippen molar-refractivity contribution in [3.05, 3.63) is 29.8 Å². The topological polar surface area (TPSA) is 75.9 Å². The number of likely N-dealkylation sites (tertiary alicyclic amines) is 1. The van der Waals surface area contributed by atoms with E-state index in [1.165, 1.54) is 19.3 Å². The maximum Gasteiger partial charge on any atom is 0.315 e. The minimum absolute atomic E-state index is 0.0365. The van der Waals surface area contributed by atoms with Crippen LogP contribution in [0.2, 0.25) is 0 Å². The summed E-state index contributed by atoms with van der Waals surface area (Å²) in [5, 5.41) is 0. The number of hydrogen-bond acceptors (Lipinski definition) is 3. The van der Waals surface area contributed by atoms with E-state index in [9.17, 15) is 9.59 Å². The summed E-state index contributed by atoms with van der Waals surface area (Å²) >= 11 is 0. The number of urea groups is 1. The van der Waals surface area contributed by atoms with Gasteiger partial charge in [0, 0.05) is 30.7 Å². The second-order valence-corrected chi connectivity index (χ2v) is 7.29. The largest absolute Gasteiger partial charge is 0.497 e. The summed E-state index contributed by atoms with van der Waals surface area (Å²) in [6, 6.07) is 7.31. The van der Waals surface area contributed by atoms with Crippen molar-refractivity contribution in [1.29, 1.82) is 0 Å². The first-order chi connectivity index (χ1) is 12.6. The molecule has 0 spiro atoms. The minimum Gasteiger partial charge on any atom is -0.497 e. The third kappa shape index (κ3) is 4.11. The second-order valence-electron chi connectivity index (χ2n) is 7.29. The summed E-state index contributed by atoms with van der Waals surface area (Å²) in [7, 11) is 1.61. The number of primary amides is 1. The van der Waals surface area contributed by atoms with Gasteiger partial charge in [0.05, 0.1) is 7.11 Å². The van der Waals surface area contributed by atoms with Crippen molar-refractivity contribution in [2.45, 2.75) is 57.0 Å². The van der Waals surface area contributed by atoms with E-state index in [1.54, 1.807) is 31.4 Å². The van der Waals surface area contributed by atoms with Crippen molar-refractivity contribution in [2.75, 3.05) is 20.2 Å². The highest BCUT2D eigenvalue weighted by Crippen LogP contribution is 2.28. The van der Waals surface area contributed by atoms with Crippen molar-refractivity contribution in [1.82, 2.24) is 9.80 Å². The van der Waals surface area contributed by atoms with E-state index in [1.807, 2.05) is 9.80 Å². The highest BCUT2D eigenvalue weighted by atomic mass is 16.5. The molecule has 1 saturated carbocycles. The van der Waals surface area contributed by atoms with Gasteiger partial charge in [-0.25, -0.2) is 4.79 Å². The van der Waals surface area contributed by atoms with Gasteiger partial charge in [0.1, 0.15) is 5.75 Å². The Morgan fingerprint density at radius 1 is 1.00 bits per heavy atom. The van der Waals surface area contributed by atoms with Crippen LogP contribution in [-0.4, -0.2) is 54.0 Å². The number of benzene rings is 1. The Bertz CT molecular complexity index is 618. The van der Waals surface area contributed by atoms with Gasteiger partial charge in [0.25, 0.3) is 5.91 Å². The summed E-state index contributed by atoms with van der Waals surface area (Å²) in [6.07, 6.45) is 7.27. The molecule has 1 aliphatic carbocycles. The molecule has 1 heterocycles. The fourth-order valence-corrected chi connectivity index (χ4v) is 4.28. The Kier molecular flexibility index (Phi) is 6.01. The Morgan fingerprint density at radius 3 is 2.12 bits per heavy atom.